The fourth-order valence-electron chi connectivity index (χ4n) is 2.29. The van der Waals surface area contributed by atoms with Crippen LogP contribution in [0, 0.1) is 5.92 Å². The summed E-state index contributed by atoms with van der Waals surface area (Å²) in [6.07, 6.45) is 9.28. The number of aryl methyl sites for hydroxylation is 1. The highest BCUT2D eigenvalue weighted by Crippen LogP contribution is 2.16. The van der Waals surface area contributed by atoms with Crippen LogP contribution in [0.4, 0.5) is 0 Å². The first-order valence-corrected chi connectivity index (χ1v) is 6.85. The topological polar surface area (TPSA) is 39.9 Å². The Hall–Kier alpha value is -0.900. The SMILES string of the molecule is CCCCCc1cn(CC2CCOCC2)nn1. The van der Waals surface area contributed by atoms with Gasteiger partial charge in [-0.1, -0.05) is 25.0 Å². The highest BCUT2D eigenvalue weighted by molar-refractivity contribution is 4.92. The maximum atomic E-state index is 5.36. The molecule has 4 heteroatoms. The molecule has 0 N–H and O–H groups in total. The zero-order valence-electron chi connectivity index (χ0n) is 10.8. The fraction of sp³-hybridized carbons (Fsp3) is 0.846. The van der Waals surface area contributed by atoms with Gasteiger partial charge in [0.1, 0.15) is 0 Å². The normalized spacial score (nSPS) is 17.5. The van der Waals surface area contributed by atoms with Crippen molar-refractivity contribution in [3.63, 3.8) is 0 Å². The van der Waals surface area contributed by atoms with Gasteiger partial charge in [-0.25, -0.2) is 0 Å². The van der Waals surface area contributed by atoms with Gasteiger partial charge in [-0.2, -0.15) is 0 Å². The molecule has 17 heavy (non-hydrogen) atoms. The van der Waals surface area contributed by atoms with Crippen LogP contribution in [0.2, 0.25) is 0 Å². The average molecular weight is 237 g/mol. The summed E-state index contributed by atoms with van der Waals surface area (Å²) < 4.78 is 7.37. The van der Waals surface area contributed by atoms with Gasteiger partial charge in [-0.15, -0.1) is 5.10 Å². The van der Waals surface area contributed by atoms with Crippen LogP contribution in [0.1, 0.15) is 44.7 Å². The Balaban J connectivity index is 1.76. The third-order valence-corrected chi connectivity index (χ3v) is 3.41. The van der Waals surface area contributed by atoms with E-state index in [0.29, 0.717) is 5.92 Å². The monoisotopic (exact) mass is 237 g/mol. The van der Waals surface area contributed by atoms with Gasteiger partial charge >= 0.3 is 0 Å². The molecule has 96 valence electrons. The van der Waals surface area contributed by atoms with Crippen molar-refractivity contribution in [2.75, 3.05) is 13.2 Å². The number of unbranched alkanes of at least 4 members (excludes halogenated alkanes) is 2. The van der Waals surface area contributed by atoms with Crippen LogP contribution >= 0.6 is 0 Å². The Kier molecular flexibility index (Phi) is 4.98. The van der Waals surface area contributed by atoms with Crippen molar-refractivity contribution in [3.8, 4) is 0 Å². The number of rotatable bonds is 6. The third kappa shape index (κ3) is 4.11. The summed E-state index contributed by atoms with van der Waals surface area (Å²) in [6, 6.07) is 0. The second kappa shape index (κ2) is 6.74. The van der Waals surface area contributed by atoms with Crippen molar-refractivity contribution in [2.45, 2.75) is 52.0 Å². The molecule has 0 unspecified atom stereocenters. The summed E-state index contributed by atoms with van der Waals surface area (Å²) in [5, 5.41) is 8.45. The first-order valence-electron chi connectivity index (χ1n) is 6.85. The van der Waals surface area contributed by atoms with E-state index in [2.05, 4.69) is 23.4 Å². The van der Waals surface area contributed by atoms with Crippen LogP contribution in [-0.4, -0.2) is 28.2 Å². The molecule has 0 atom stereocenters. The number of hydrogen-bond acceptors (Lipinski definition) is 3. The first-order chi connectivity index (χ1) is 8.38. The standard InChI is InChI=1S/C13H23N3O/c1-2-3-4-5-13-11-16(15-14-13)10-12-6-8-17-9-7-12/h11-12H,2-10H2,1H3. The molecule has 0 saturated carbocycles. The lowest BCUT2D eigenvalue weighted by atomic mass is 10.0. The molecule has 1 aromatic heterocycles. The molecule has 0 radical (unpaired) electrons. The summed E-state index contributed by atoms with van der Waals surface area (Å²) in [5.41, 5.74) is 1.14. The van der Waals surface area contributed by atoms with Crippen LogP contribution in [0.25, 0.3) is 0 Å². The van der Waals surface area contributed by atoms with E-state index in [0.717, 1.165) is 44.7 Å². The van der Waals surface area contributed by atoms with Crippen LogP contribution in [0.15, 0.2) is 6.20 Å². The van der Waals surface area contributed by atoms with E-state index in [1.54, 1.807) is 0 Å². The number of hydrogen-bond donors (Lipinski definition) is 0. The van der Waals surface area contributed by atoms with Gasteiger partial charge in [0.25, 0.3) is 0 Å². The Bertz CT molecular complexity index is 318. The lowest BCUT2D eigenvalue weighted by Crippen LogP contribution is -2.20. The quantitative estimate of drug-likeness (QED) is 0.713. The van der Waals surface area contributed by atoms with Crippen molar-refractivity contribution in [1.29, 1.82) is 0 Å². The van der Waals surface area contributed by atoms with Gasteiger partial charge in [0, 0.05) is 26.0 Å². The highest BCUT2D eigenvalue weighted by atomic mass is 16.5. The summed E-state index contributed by atoms with van der Waals surface area (Å²) >= 11 is 0. The minimum absolute atomic E-state index is 0.717. The maximum absolute atomic E-state index is 5.36. The van der Waals surface area contributed by atoms with Crippen molar-refractivity contribution < 1.29 is 4.74 Å². The zero-order chi connectivity index (χ0) is 11.9. The molecule has 0 bridgehead atoms. The van der Waals surface area contributed by atoms with Gasteiger partial charge in [-0.3, -0.25) is 4.68 Å². The summed E-state index contributed by atoms with van der Waals surface area (Å²) in [6.45, 7) is 5.04. The molecule has 1 aliphatic heterocycles. The highest BCUT2D eigenvalue weighted by Gasteiger charge is 2.14. The summed E-state index contributed by atoms with van der Waals surface area (Å²) in [5.74, 6) is 0.717. The third-order valence-electron chi connectivity index (χ3n) is 3.41. The van der Waals surface area contributed by atoms with Crippen molar-refractivity contribution >= 4 is 0 Å². The number of ether oxygens (including phenoxy) is 1. The summed E-state index contributed by atoms with van der Waals surface area (Å²) in [4.78, 5) is 0. The second-order valence-corrected chi connectivity index (χ2v) is 4.94. The van der Waals surface area contributed by atoms with Crippen LogP contribution < -0.4 is 0 Å². The molecule has 2 rings (SSSR count). The Morgan fingerprint density at radius 3 is 2.94 bits per heavy atom. The molecule has 0 amide bonds. The van der Waals surface area contributed by atoms with Crippen LogP contribution in [0.3, 0.4) is 0 Å². The summed E-state index contributed by atoms with van der Waals surface area (Å²) in [7, 11) is 0. The van der Waals surface area contributed by atoms with Gasteiger partial charge < -0.3 is 4.74 Å². The van der Waals surface area contributed by atoms with E-state index in [-0.39, 0.29) is 0 Å². The lowest BCUT2D eigenvalue weighted by Gasteiger charge is -2.21. The molecule has 1 aromatic rings. The van der Waals surface area contributed by atoms with Gasteiger partial charge in [-0.05, 0) is 31.6 Å². The number of aromatic nitrogens is 3. The second-order valence-electron chi connectivity index (χ2n) is 4.94. The van der Waals surface area contributed by atoms with Crippen LogP contribution in [0.5, 0.6) is 0 Å². The fourth-order valence-corrected chi connectivity index (χ4v) is 2.29. The van der Waals surface area contributed by atoms with Crippen molar-refractivity contribution in [2.24, 2.45) is 5.92 Å². The lowest BCUT2D eigenvalue weighted by molar-refractivity contribution is 0.0600. The molecule has 1 fully saturated rings. The Morgan fingerprint density at radius 1 is 1.35 bits per heavy atom. The molecule has 1 saturated heterocycles. The molecule has 0 spiro atoms. The van der Waals surface area contributed by atoms with Crippen LogP contribution in [-0.2, 0) is 17.7 Å². The smallest absolute Gasteiger partial charge is 0.0827 e. The van der Waals surface area contributed by atoms with E-state index < -0.39 is 0 Å². The predicted molar refractivity (Wildman–Crippen MR) is 66.8 cm³/mol. The molecule has 2 heterocycles. The molecule has 1 aliphatic rings. The minimum Gasteiger partial charge on any atom is -0.381 e. The van der Waals surface area contributed by atoms with E-state index >= 15 is 0 Å². The molecule has 4 nitrogen and oxygen atoms in total. The largest absolute Gasteiger partial charge is 0.381 e. The molecule has 0 aromatic carbocycles. The van der Waals surface area contributed by atoms with E-state index in [4.69, 9.17) is 4.74 Å². The van der Waals surface area contributed by atoms with Crippen molar-refractivity contribution in [3.05, 3.63) is 11.9 Å². The van der Waals surface area contributed by atoms with Gasteiger partial charge in [0.2, 0.25) is 0 Å². The minimum atomic E-state index is 0.717. The van der Waals surface area contributed by atoms with Gasteiger partial charge in [0.15, 0.2) is 0 Å². The maximum Gasteiger partial charge on any atom is 0.0827 e. The number of nitrogens with zero attached hydrogens (tertiary/aromatic N) is 3. The van der Waals surface area contributed by atoms with Crippen molar-refractivity contribution in [1.82, 2.24) is 15.0 Å². The Labute approximate surface area is 103 Å². The van der Waals surface area contributed by atoms with Gasteiger partial charge in [0.05, 0.1) is 5.69 Å². The first kappa shape index (κ1) is 12.6. The van der Waals surface area contributed by atoms with E-state index in [1.807, 2.05) is 4.68 Å². The van der Waals surface area contributed by atoms with E-state index in [1.165, 1.54) is 19.3 Å². The molecular weight excluding hydrogens is 214 g/mol. The Morgan fingerprint density at radius 2 is 2.18 bits per heavy atom. The zero-order valence-corrected chi connectivity index (χ0v) is 10.8. The average Bonchev–Trinajstić information content (AvgIpc) is 2.79. The predicted octanol–water partition coefficient (Wildman–Crippen LogP) is 2.44. The van der Waals surface area contributed by atoms with E-state index in [9.17, 15) is 0 Å². The molecule has 0 aliphatic carbocycles. The molecular formula is C13H23N3O.